The van der Waals surface area contributed by atoms with Gasteiger partial charge >= 0.3 is 12.1 Å². The van der Waals surface area contributed by atoms with Crippen LogP contribution >= 0.6 is 0 Å². The van der Waals surface area contributed by atoms with Crippen molar-refractivity contribution in [2.45, 2.75) is 25.2 Å². The van der Waals surface area contributed by atoms with Gasteiger partial charge in [0.15, 0.2) is 0 Å². The fourth-order valence-electron chi connectivity index (χ4n) is 3.71. The van der Waals surface area contributed by atoms with Gasteiger partial charge in [0, 0.05) is 5.56 Å². The van der Waals surface area contributed by atoms with Crippen LogP contribution < -0.4 is 10.1 Å². The third kappa shape index (κ3) is 5.00. The second kappa shape index (κ2) is 8.97. The number of hydrogen-bond donors (Lipinski definition) is 1. The summed E-state index contributed by atoms with van der Waals surface area (Å²) in [4.78, 5) is 23.8. The van der Waals surface area contributed by atoms with E-state index >= 15 is 0 Å². The highest BCUT2D eigenvalue weighted by atomic mass is 19.4. The zero-order valence-electron chi connectivity index (χ0n) is 17.6. The molecule has 0 bridgehead atoms. The first-order chi connectivity index (χ1) is 15.7. The highest BCUT2D eigenvalue weighted by Crippen LogP contribution is 2.32. The van der Waals surface area contributed by atoms with Crippen LogP contribution in [0.1, 0.15) is 39.5 Å². The second-order valence-electron chi connectivity index (χ2n) is 7.62. The van der Waals surface area contributed by atoms with Gasteiger partial charge in [-0.3, -0.25) is 9.59 Å². The summed E-state index contributed by atoms with van der Waals surface area (Å²) in [6.07, 6.45) is -4.33. The highest BCUT2D eigenvalue weighted by molar-refractivity contribution is 6.00. The Hall–Kier alpha value is -3.81. The molecular formula is C25H20F3NO4. The maximum absolute atomic E-state index is 12.8. The van der Waals surface area contributed by atoms with Gasteiger partial charge in [0.05, 0.1) is 25.1 Å². The van der Waals surface area contributed by atoms with E-state index in [0.717, 1.165) is 23.3 Å². The minimum atomic E-state index is -4.37. The SMILES string of the molecule is COC(=O)CC1NC(=O)c2cc(OCc3cccc(-c4ccc(C(F)(F)F)cc4)c3)ccc21. The Kier molecular flexibility index (Phi) is 6.09. The predicted octanol–water partition coefficient (Wildman–Crippen LogP) is 5.30. The molecule has 1 aliphatic heterocycles. The maximum Gasteiger partial charge on any atom is 0.416 e. The van der Waals surface area contributed by atoms with Crippen molar-refractivity contribution in [2.75, 3.05) is 7.11 Å². The van der Waals surface area contributed by atoms with Crippen LogP contribution in [0.5, 0.6) is 5.75 Å². The summed E-state index contributed by atoms with van der Waals surface area (Å²) in [5, 5.41) is 2.76. The Morgan fingerprint density at radius 2 is 1.76 bits per heavy atom. The lowest BCUT2D eigenvalue weighted by Gasteiger charge is -2.11. The topological polar surface area (TPSA) is 64.6 Å². The number of nitrogens with one attached hydrogen (secondary N) is 1. The van der Waals surface area contributed by atoms with Crippen LogP contribution in [-0.2, 0) is 22.3 Å². The third-order valence-electron chi connectivity index (χ3n) is 5.43. The van der Waals surface area contributed by atoms with Crippen molar-refractivity contribution in [3.63, 3.8) is 0 Å². The van der Waals surface area contributed by atoms with Crippen molar-refractivity contribution in [3.8, 4) is 16.9 Å². The van der Waals surface area contributed by atoms with Crippen LogP contribution in [0.4, 0.5) is 13.2 Å². The summed E-state index contributed by atoms with van der Waals surface area (Å²) < 4.78 is 48.9. The lowest BCUT2D eigenvalue weighted by atomic mass is 10.0. The fourth-order valence-corrected chi connectivity index (χ4v) is 3.71. The number of ether oxygens (including phenoxy) is 2. The molecule has 1 heterocycles. The van der Waals surface area contributed by atoms with E-state index in [-0.39, 0.29) is 18.9 Å². The average molecular weight is 455 g/mol. The molecular weight excluding hydrogens is 435 g/mol. The maximum atomic E-state index is 12.8. The van der Waals surface area contributed by atoms with E-state index in [2.05, 4.69) is 10.1 Å². The van der Waals surface area contributed by atoms with Crippen LogP contribution in [0, 0.1) is 0 Å². The minimum absolute atomic E-state index is 0.0478. The third-order valence-corrected chi connectivity index (χ3v) is 5.43. The number of methoxy groups -OCH3 is 1. The van der Waals surface area contributed by atoms with E-state index in [1.165, 1.54) is 19.2 Å². The molecule has 0 spiro atoms. The van der Waals surface area contributed by atoms with Gasteiger partial charge in [0.25, 0.3) is 5.91 Å². The lowest BCUT2D eigenvalue weighted by molar-refractivity contribution is -0.141. The number of alkyl halides is 3. The van der Waals surface area contributed by atoms with E-state index in [1.54, 1.807) is 24.3 Å². The van der Waals surface area contributed by atoms with Crippen molar-refractivity contribution in [3.05, 3.63) is 89.0 Å². The van der Waals surface area contributed by atoms with Crippen molar-refractivity contribution in [1.29, 1.82) is 0 Å². The summed E-state index contributed by atoms with van der Waals surface area (Å²) in [6, 6.07) is 17.0. The van der Waals surface area contributed by atoms with E-state index < -0.39 is 23.8 Å². The number of rotatable bonds is 6. The summed E-state index contributed by atoms with van der Waals surface area (Å²) in [6.45, 7) is 0.209. The van der Waals surface area contributed by atoms with E-state index in [4.69, 9.17) is 4.74 Å². The first-order valence-corrected chi connectivity index (χ1v) is 10.2. The highest BCUT2D eigenvalue weighted by Gasteiger charge is 2.31. The van der Waals surface area contributed by atoms with Gasteiger partial charge in [0.2, 0.25) is 0 Å². The molecule has 1 unspecified atom stereocenters. The van der Waals surface area contributed by atoms with Gasteiger partial charge < -0.3 is 14.8 Å². The number of benzene rings is 3. The zero-order chi connectivity index (χ0) is 23.6. The molecule has 4 rings (SSSR count). The molecule has 1 aliphatic rings. The van der Waals surface area contributed by atoms with E-state index in [0.29, 0.717) is 22.4 Å². The summed E-state index contributed by atoms with van der Waals surface area (Å²) in [7, 11) is 1.30. The van der Waals surface area contributed by atoms with Gasteiger partial charge in [-0.1, -0.05) is 36.4 Å². The van der Waals surface area contributed by atoms with Crippen LogP contribution in [-0.4, -0.2) is 19.0 Å². The summed E-state index contributed by atoms with van der Waals surface area (Å²) in [5.41, 5.74) is 2.71. The molecule has 170 valence electrons. The van der Waals surface area contributed by atoms with Crippen molar-refractivity contribution in [1.82, 2.24) is 5.32 Å². The molecule has 1 atom stereocenters. The van der Waals surface area contributed by atoms with Crippen LogP contribution in [0.2, 0.25) is 0 Å². The number of esters is 1. The molecule has 3 aromatic carbocycles. The van der Waals surface area contributed by atoms with Gasteiger partial charge in [-0.25, -0.2) is 0 Å². The Morgan fingerprint density at radius 3 is 2.45 bits per heavy atom. The number of halogens is 3. The smallest absolute Gasteiger partial charge is 0.416 e. The molecule has 0 saturated carbocycles. The van der Waals surface area contributed by atoms with Crippen molar-refractivity contribution < 1.29 is 32.2 Å². The minimum Gasteiger partial charge on any atom is -0.489 e. The summed E-state index contributed by atoms with van der Waals surface area (Å²) >= 11 is 0. The Morgan fingerprint density at radius 1 is 1.00 bits per heavy atom. The molecule has 1 N–H and O–H groups in total. The zero-order valence-corrected chi connectivity index (χ0v) is 17.6. The molecule has 0 fully saturated rings. The number of amides is 1. The monoisotopic (exact) mass is 455 g/mol. The molecule has 0 radical (unpaired) electrons. The van der Waals surface area contributed by atoms with Crippen molar-refractivity contribution in [2.24, 2.45) is 0 Å². The second-order valence-corrected chi connectivity index (χ2v) is 7.62. The van der Waals surface area contributed by atoms with Gasteiger partial charge in [-0.05, 0) is 52.6 Å². The molecule has 8 heteroatoms. The standard InChI is InChI=1S/C25H20F3NO4/c1-32-23(30)13-22-20-10-9-19(12-21(20)24(31)29-22)33-14-15-3-2-4-17(11-15)16-5-7-18(8-6-16)25(26,27)28/h2-12,22H,13-14H2,1H3,(H,29,31). The first kappa shape index (κ1) is 22.4. The molecule has 5 nitrogen and oxygen atoms in total. The van der Waals surface area contributed by atoms with Gasteiger partial charge in [-0.15, -0.1) is 0 Å². The predicted molar refractivity (Wildman–Crippen MR) is 114 cm³/mol. The van der Waals surface area contributed by atoms with Gasteiger partial charge in [-0.2, -0.15) is 13.2 Å². The largest absolute Gasteiger partial charge is 0.489 e. The first-order valence-electron chi connectivity index (χ1n) is 10.2. The van der Waals surface area contributed by atoms with Crippen LogP contribution in [0.3, 0.4) is 0 Å². The van der Waals surface area contributed by atoms with Crippen molar-refractivity contribution >= 4 is 11.9 Å². The summed E-state index contributed by atoms with van der Waals surface area (Å²) in [5.74, 6) is -0.211. The average Bonchev–Trinajstić information content (AvgIpc) is 3.11. The molecule has 0 aromatic heterocycles. The normalized spacial score (nSPS) is 15.0. The number of carbonyl (C=O) groups is 2. The molecule has 1 amide bonds. The fraction of sp³-hybridized carbons (Fsp3) is 0.200. The molecule has 0 aliphatic carbocycles. The molecule has 33 heavy (non-hydrogen) atoms. The Labute approximate surface area is 188 Å². The lowest BCUT2D eigenvalue weighted by Crippen LogP contribution is -2.21. The number of fused-ring (bicyclic) bond motifs is 1. The van der Waals surface area contributed by atoms with E-state index in [1.807, 2.05) is 18.2 Å². The molecule has 3 aromatic rings. The van der Waals surface area contributed by atoms with Crippen LogP contribution in [0.25, 0.3) is 11.1 Å². The van der Waals surface area contributed by atoms with E-state index in [9.17, 15) is 22.8 Å². The molecule has 0 saturated heterocycles. The van der Waals surface area contributed by atoms with Crippen LogP contribution in [0.15, 0.2) is 66.7 Å². The quantitative estimate of drug-likeness (QED) is 0.513. The number of hydrogen-bond acceptors (Lipinski definition) is 4. The Balaban J connectivity index is 1.46. The Bertz CT molecular complexity index is 1190. The number of carbonyl (C=O) groups excluding carboxylic acids is 2. The van der Waals surface area contributed by atoms with Gasteiger partial charge in [0.1, 0.15) is 12.4 Å².